The average molecular weight is 267 g/mol. The smallest absolute Gasteiger partial charge is 0.243 e. The maximum Gasteiger partial charge on any atom is 0.243 e. The second-order valence-corrected chi connectivity index (χ2v) is 6.57. The molecule has 2 atom stereocenters. The van der Waals surface area contributed by atoms with Gasteiger partial charge < -0.3 is 9.80 Å². The molecule has 0 aliphatic carbocycles. The molecule has 1 amide bonds. The Balaban J connectivity index is 2.00. The Morgan fingerprint density at radius 3 is 2.47 bits per heavy atom. The summed E-state index contributed by atoms with van der Waals surface area (Å²) in [5, 5.41) is 3.55. The van der Waals surface area contributed by atoms with E-state index in [1.54, 1.807) is 0 Å². The molecule has 0 aromatic heterocycles. The Bertz CT molecular complexity index is 325. The van der Waals surface area contributed by atoms with E-state index in [4.69, 9.17) is 0 Å². The minimum atomic E-state index is -0.361. The lowest BCUT2D eigenvalue weighted by Gasteiger charge is -2.29. The van der Waals surface area contributed by atoms with Gasteiger partial charge in [-0.1, -0.05) is 20.8 Å². The van der Waals surface area contributed by atoms with Gasteiger partial charge in [-0.2, -0.15) is 0 Å². The van der Waals surface area contributed by atoms with Crippen molar-refractivity contribution >= 4 is 5.91 Å². The van der Waals surface area contributed by atoms with Crippen LogP contribution in [-0.4, -0.2) is 53.6 Å². The monoisotopic (exact) mass is 267 g/mol. The van der Waals surface area contributed by atoms with E-state index in [0.717, 1.165) is 19.5 Å². The Morgan fingerprint density at radius 2 is 1.95 bits per heavy atom. The molecular formula is C15H29N3O. The lowest BCUT2D eigenvalue weighted by atomic mass is 9.99. The zero-order valence-electron chi connectivity index (χ0n) is 12.9. The van der Waals surface area contributed by atoms with E-state index in [1.165, 1.54) is 25.9 Å². The van der Waals surface area contributed by atoms with Crippen LogP contribution in [0.4, 0.5) is 0 Å². The highest BCUT2D eigenvalue weighted by atomic mass is 16.2. The molecule has 19 heavy (non-hydrogen) atoms. The highest BCUT2D eigenvalue weighted by Crippen LogP contribution is 2.27. The van der Waals surface area contributed by atoms with Crippen LogP contribution in [0, 0.1) is 5.92 Å². The van der Waals surface area contributed by atoms with Gasteiger partial charge in [0.15, 0.2) is 0 Å². The molecule has 0 saturated carbocycles. The summed E-state index contributed by atoms with van der Waals surface area (Å²) in [4.78, 5) is 17.2. The summed E-state index contributed by atoms with van der Waals surface area (Å²) in [6.45, 7) is 12.8. The van der Waals surface area contributed by atoms with Gasteiger partial charge in [0.2, 0.25) is 5.91 Å². The number of hydrogen-bond donors (Lipinski definition) is 1. The van der Waals surface area contributed by atoms with Crippen LogP contribution in [0.2, 0.25) is 0 Å². The largest absolute Gasteiger partial charge is 0.324 e. The van der Waals surface area contributed by atoms with Crippen LogP contribution in [0.1, 0.15) is 47.0 Å². The van der Waals surface area contributed by atoms with Crippen LogP contribution in [0.15, 0.2) is 0 Å². The van der Waals surface area contributed by atoms with Gasteiger partial charge in [0, 0.05) is 13.1 Å². The van der Waals surface area contributed by atoms with Crippen LogP contribution >= 0.6 is 0 Å². The Morgan fingerprint density at radius 1 is 1.32 bits per heavy atom. The molecule has 4 heteroatoms. The van der Waals surface area contributed by atoms with Crippen molar-refractivity contribution < 1.29 is 4.79 Å². The zero-order valence-corrected chi connectivity index (χ0v) is 12.9. The highest BCUT2D eigenvalue weighted by molar-refractivity contribution is 5.88. The number of carbonyl (C=O) groups is 1. The normalized spacial score (nSPS) is 32.8. The van der Waals surface area contributed by atoms with Crippen LogP contribution in [0.5, 0.6) is 0 Å². The van der Waals surface area contributed by atoms with Crippen molar-refractivity contribution in [2.24, 2.45) is 5.92 Å². The summed E-state index contributed by atoms with van der Waals surface area (Å²) in [6.07, 6.45) is 3.67. The summed E-state index contributed by atoms with van der Waals surface area (Å²) in [6, 6.07) is 0. The van der Waals surface area contributed by atoms with Gasteiger partial charge in [-0.3, -0.25) is 10.1 Å². The highest BCUT2D eigenvalue weighted by Gasteiger charge is 2.47. The molecule has 0 spiro atoms. The summed E-state index contributed by atoms with van der Waals surface area (Å²) in [5.74, 6) is 0.740. The van der Waals surface area contributed by atoms with Crippen molar-refractivity contribution in [3.05, 3.63) is 0 Å². The zero-order chi connectivity index (χ0) is 14.0. The molecule has 110 valence electrons. The van der Waals surface area contributed by atoms with Crippen molar-refractivity contribution in [1.82, 2.24) is 15.1 Å². The predicted molar refractivity (Wildman–Crippen MR) is 77.8 cm³/mol. The molecule has 0 aromatic rings. The van der Waals surface area contributed by atoms with E-state index in [2.05, 4.69) is 35.9 Å². The van der Waals surface area contributed by atoms with E-state index >= 15 is 0 Å². The first-order chi connectivity index (χ1) is 8.98. The van der Waals surface area contributed by atoms with Crippen LogP contribution < -0.4 is 5.32 Å². The Kier molecular flexibility index (Phi) is 4.51. The minimum absolute atomic E-state index is 0.194. The number of nitrogens with one attached hydrogen (secondary N) is 1. The average Bonchev–Trinajstić information content (AvgIpc) is 2.97. The second-order valence-electron chi connectivity index (χ2n) is 6.57. The van der Waals surface area contributed by atoms with Gasteiger partial charge in [0.1, 0.15) is 0 Å². The molecule has 4 nitrogen and oxygen atoms in total. The first kappa shape index (κ1) is 14.8. The lowest BCUT2D eigenvalue weighted by Crippen LogP contribution is -2.45. The molecule has 0 radical (unpaired) electrons. The number of carbonyl (C=O) groups excluding carboxylic acids is 1. The van der Waals surface area contributed by atoms with Gasteiger partial charge >= 0.3 is 0 Å². The predicted octanol–water partition coefficient (Wildman–Crippen LogP) is 1.66. The SMILES string of the molecule is CCC1(C)NC(C(C)C)N(CCN2CCCC2)C1=O. The van der Waals surface area contributed by atoms with Gasteiger partial charge in [0.05, 0.1) is 11.7 Å². The number of nitrogens with zero attached hydrogens (tertiary/aromatic N) is 2. The molecule has 2 unspecified atom stereocenters. The summed E-state index contributed by atoms with van der Waals surface area (Å²) in [7, 11) is 0. The van der Waals surface area contributed by atoms with Crippen LogP contribution in [0.25, 0.3) is 0 Å². The minimum Gasteiger partial charge on any atom is -0.324 e. The number of rotatable bonds is 5. The van der Waals surface area contributed by atoms with E-state index in [9.17, 15) is 4.79 Å². The molecule has 2 saturated heterocycles. The fraction of sp³-hybridized carbons (Fsp3) is 0.933. The second kappa shape index (κ2) is 5.80. The third kappa shape index (κ3) is 2.95. The maximum atomic E-state index is 12.6. The third-order valence-corrected chi connectivity index (χ3v) is 4.73. The molecule has 0 bridgehead atoms. The quantitative estimate of drug-likeness (QED) is 0.823. The van der Waals surface area contributed by atoms with Gasteiger partial charge in [0.25, 0.3) is 0 Å². The van der Waals surface area contributed by atoms with Crippen molar-refractivity contribution in [2.45, 2.75) is 58.7 Å². The Labute approximate surface area is 117 Å². The van der Waals surface area contributed by atoms with Crippen LogP contribution in [-0.2, 0) is 4.79 Å². The first-order valence-corrected chi connectivity index (χ1v) is 7.79. The molecule has 2 aliphatic rings. The van der Waals surface area contributed by atoms with E-state index in [-0.39, 0.29) is 17.6 Å². The fourth-order valence-electron chi connectivity index (χ4n) is 3.19. The summed E-state index contributed by atoms with van der Waals surface area (Å²) in [5.41, 5.74) is -0.361. The van der Waals surface area contributed by atoms with E-state index in [0.29, 0.717) is 5.92 Å². The lowest BCUT2D eigenvalue weighted by molar-refractivity contribution is -0.133. The number of likely N-dealkylation sites (tertiary alicyclic amines) is 1. The topological polar surface area (TPSA) is 35.6 Å². The molecule has 1 N–H and O–H groups in total. The van der Waals surface area contributed by atoms with Gasteiger partial charge in [-0.25, -0.2) is 0 Å². The standard InChI is InChI=1S/C15H29N3O/c1-5-15(4)14(19)18(13(16-15)12(2)3)11-10-17-8-6-7-9-17/h12-13,16H,5-11H2,1-4H3. The van der Waals surface area contributed by atoms with E-state index < -0.39 is 0 Å². The van der Waals surface area contributed by atoms with Crippen molar-refractivity contribution in [3.8, 4) is 0 Å². The molecule has 2 rings (SSSR count). The third-order valence-electron chi connectivity index (χ3n) is 4.73. The number of amides is 1. The van der Waals surface area contributed by atoms with Crippen molar-refractivity contribution in [1.29, 1.82) is 0 Å². The van der Waals surface area contributed by atoms with Crippen molar-refractivity contribution in [2.75, 3.05) is 26.2 Å². The fourth-order valence-corrected chi connectivity index (χ4v) is 3.19. The molecule has 2 heterocycles. The molecule has 2 fully saturated rings. The van der Waals surface area contributed by atoms with Crippen molar-refractivity contribution in [3.63, 3.8) is 0 Å². The molecule has 2 aliphatic heterocycles. The molecular weight excluding hydrogens is 238 g/mol. The van der Waals surface area contributed by atoms with E-state index in [1.807, 2.05) is 6.92 Å². The van der Waals surface area contributed by atoms with Crippen LogP contribution in [0.3, 0.4) is 0 Å². The maximum absolute atomic E-state index is 12.6. The van der Waals surface area contributed by atoms with Gasteiger partial charge in [-0.05, 0) is 45.2 Å². The molecule has 0 aromatic carbocycles. The summed E-state index contributed by atoms with van der Waals surface area (Å²) < 4.78 is 0. The Hall–Kier alpha value is -0.610. The number of hydrogen-bond acceptors (Lipinski definition) is 3. The van der Waals surface area contributed by atoms with Gasteiger partial charge in [-0.15, -0.1) is 0 Å². The first-order valence-electron chi connectivity index (χ1n) is 7.79. The summed E-state index contributed by atoms with van der Waals surface area (Å²) >= 11 is 0.